The van der Waals surface area contributed by atoms with Crippen molar-refractivity contribution < 1.29 is 4.79 Å². The van der Waals surface area contributed by atoms with Crippen LogP contribution in [0.15, 0.2) is 61.1 Å². The predicted molar refractivity (Wildman–Crippen MR) is 121 cm³/mol. The minimum Gasteiger partial charge on any atom is -0.350 e. The first kappa shape index (κ1) is 18.9. The van der Waals surface area contributed by atoms with Crippen LogP contribution in [0.5, 0.6) is 0 Å². The Bertz CT molecular complexity index is 1300. The highest BCUT2D eigenvalue weighted by Gasteiger charge is 2.44. The number of aromatic nitrogens is 5. The number of benzene rings is 2. The van der Waals surface area contributed by atoms with Gasteiger partial charge in [-0.1, -0.05) is 23.8 Å². The Balaban J connectivity index is 1.26. The van der Waals surface area contributed by atoms with E-state index in [0.717, 1.165) is 41.9 Å². The monoisotopic (exact) mass is 425 g/mol. The van der Waals surface area contributed by atoms with Gasteiger partial charge in [0.25, 0.3) is 5.91 Å². The van der Waals surface area contributed by atoms with Gasteiger partial charge in [-0.05, 0) is 37.6 Å². The standard InChI is InChI=1S/C24H23N7O/c1-16-6-7-21(31-26-9-10-27-31)18(12-16)24(32)29-11-8-17-14-30(22(17)15-29)23-13-25-19-4-2-3-5-20(19)28-23/h2-7,9-10,12-13,17,22H,8,11,14-15H2,1H3/t17?,22-/m1/s1. The molecular formula is C24H23N7O. The summed E-state index contributed by atoms with van der Waals surface area (Å²) in [6.45, 7) is 4.40. The zero-order chi connectivity index (χ0) is 21.7. The number of nitrogens with zero attached hydrogens (tertiary/aromatic N) is 7. The average molecular weight is 425 g/mol. The lowest BCUT2D eigenvalue weighted by atomic mass is 9.82. The van der Waals surface area contributed by atoms with Crippen LogP contribution in [0, 0.1) is 12.8 Å². The van der Waals surface area contributed by atoms with Crippen LogP contribution >= 0.6 is 0 Å². The Labute approximate surface area is 185 Å². The van der Waals surface area contributed by atoms with Crippen LogP contribution in [0.1, 0.15) is 22.3 Å². The molecule has 0 bridgehead atoms. The molecule has 4 aromatic rings. The van der Waals surface area contributed by atoms with Crippen molar-refractivity contribution in [1.29, 1.82) is 0 Å². The maximum absolute atomic E-state index is 13.6. The Morgan fingerprint density at radius 2 is 1.84 bits per heavy atom. The maximum atomic E-state index is 13.6. The molecule has 2 aliphatic rings. The summed E-state index contributed by atoms with van der Waals surface area (Å²) in [5, 5.41) is 8.46. The number of hydrogen-bond donors (Lipinski definition) is 0. The van der Waals surface area contributed by atoms with Gasteiger partial charge < -0.3 is 9.80 Å². The molecule has 2 atom stereocenters. The normalized spacial score (nSPS) is 20.2. The SMILES string of the molecule is Cc1ccc(-n2nccn2)c(C(=O)N2CCC3CN(c4cnc5ccccc5n4)[C@@H]3C2)c1. The second-order valence-electron chi connectivity index (χ2n) is 8.58. The Morgan fingerprint density at radius 3 is 2.69 bits per heavy atom. The number of likely N-dealkylation sites (tertiary alicyclic amines) is 1. The van der Waals surface area contributed by atoms with Crippen LogP contribution in [0.4, 0.5) is 5.82 Å². The number of para-hydroxylation sites is 2. The van der Waals surface area contributed by atoms with E-state index < -0.39 is 0 Å². The first-order valence-corrected chi connectivity index (χ1v) is 10.9. The van der Waals surface area contributed by atoms with Crippen molar-refractivity contribution in [2.75, 3.05) is 24.5 Å². The van der Waals surface area contributed by atoms with Crippen molar-refractivity contribution in [2.45, 2.75) is 19.4 Å². The number of carbonyl (C=O) groups is 1. The molecule has 1 amide bonds. The van der Waals surface area contributed by atoms with Crippen LogP contribution in [0.3, 0.4) is 0 Å². The highest BCUT2D eigenvalue weighted by Crippen LogP contribution is 2.36. The van der Waals surface area contributed by atoms with E-state index in [2.05, 4.69) is 20.1 Å². The molecule has 0 radical (unpaired) electrons. The van der Waals surface area contributed by atoms with E-state index in [1.54, 1.807) is 12.4 Å². The van der Waals surface area contributed by atoms with Crippen molar-refractivity contribution in [3.63, 3.8) is 0 Å². The molecule has 0 spiro atoms. The Morgan fingerprint density at radius 1 is 1.03 bits per heavy atom. The predicted octanol–water partition coefficient (Wildman–Crippen LogP) is 2.87. The van der Waals surface area contributed by atoms with E-state index in [9.17, 15) is 4.79 Å². The van der Waals surface area contributed by atoms with Crippen molar-refractivity contribution in [3.05, 3.63) is 72.2 Å². The molecule has 2 aromatic heterocycles. The summed E-state index contributed by atoms with van der Waals surface area (Å²) in [6.07, 6.45) is 6.09. The van der Waals surface area contributed by atoms with Crippen molar-refractivity contribution in [2.24, 2.45) is 5.92 Å². The number of amides is 1. The summed E-state index contributed by atoms with van der Waals surface area (Å²) in [7, 11) is 0. The molecule has 160 valence electrons. The molecule has 8 nitrogen and oxygen atoms in total. The van der Waals surface area contributed by atoms with Gasteiger partial charge in [-0.25, -0.2) is 4.98 Å². The smallest absolute Gasteiger partial charge is 0.256 e. The van der Waals surface area contributed by atoms with Gasteiger partial charge >= 0.3 is 0 Å². The molecule has 0 aliphatic carbocycles. The molecule has 4 heterocycles. The van der Waals surface area contributed by atoms with E-state index in [0.29, 0.717) is 23.7 Å². The first-order valence-electron chi connectivity index (χ1n) is 10.9. The van der Waals surface area contributed by atoms with Gasteiger partial charge in [0.15, 0.2) is 0 Å². The topological polar surface area (TPSA) is 80.0 Å². The highest BCUT2D eigenvalue weighted by atomic mass is 16.2. The molecule has 0 saturated carbocycles. The molecule has 2 saturated heterocycles. The summed E-state index contributed by atoms with van der Waals surface area (Å²) >= 11 is 0. The maximum Gasteiger partial charge on any atom is 0.256 e. The van der Waals surface area contributed by atoms with Crippen molar-refractivity contribution in [1.82, 2.24) is 29.9 Å². The van der Waals surface area contributed by atoms with Gasteiger partial charge in [0, 0.05) is 25.6 Å². The molecule has 32 heavy (non-hydrogen) atoms. The average Bonchev–Trinajstić information content (AvgIpc) is 3.34. The zero-order valence-corrected chi connectivity index (χ0v) is 17.8. The quantitative estimate of drug-likeness (QED) is 0.502. The van der Waals surface area contributed by atoms with Crippen molar-refractivity contribution in [3.8, 4) is 5.69 Å². The number of piperidine rings is 1. The molecular weight excluding hydrogens is 402 g/mol. The first-order chi connectivity index (χ1) is 15.7. The Hall–Kier alpha value is -3.81. The molecule has 2 aliphatic heterocycles. The summed E-state index contributed by atoms with van der Waals surface area (Å²) in [5.74, 6) is 1.49. The van der Waals surface area contributed by atoms with E-state index in [1.165, 1.54) is 4.80 Å². The molecule has 8 heteroatoms. The van der Waals surface area contributed by atoms with E-state index in [4.69, 9.17) is 4.98 Å². The minimum atomic E-state index is 0.0240. The van der Waals surface area contributed by atoms with Crippen LogP contribution in [-0.2, 0) is 0 Å². The summed E-state index contributed by atoms with van der Waals surface area (Å²) < 4.78 is 0. The van der Waals surface area contributed by atoms with Crippen LogP contribution in [0.25, 0.3) is 16.7 Å². The van der Waals surface area contributed by atoms with Gasteiger partial charge in [0.05, 0.1) is 46.9 Å². The fourth-order valence-corrected chi connectivity index (χ4v) is 4.84. The van der Waals surface area contributed by atoms with Gasteiger partial charge in [0.2, 0.25) is 0 Å². The number of rotatable bonds is 3. The number of fused-ring (bicyclic) bond motifs is 2. The van der Waals surface area contributed by atoms with E-state index >= 15 is 0 Å². The van der Waals surface area contributed by atoms with Gasteiger partial charge in [-0.2, -0.15) is 15.0 Å². The van der Waals surface area contributed by atoms with Crippen LogP contribution in [0.2, 0.25) is 0 Å². The zero-order valence-electron chi connectivity index (χ0n) is 17.8. The number of aryl methyl sites for hydroxylation is 1. The Kier molecular flexibility index (Phi) is 4.38. The van der Waals surface area contributed by atoms with Gasteiger partial charge in [-0.3, -0.25) is 9.78 Å². The highest BCUT2D eigenvalue weighted by molar-refractivity contribution is 5.98. The molecule has 2 fully saturated rings. The lowest BCUT2D eigenvalue weighted by Gasteiger charge is -2.53. The summed E-state index contributed by atoms with van der Waals surface area (Å²) in [5.41, 5.74) is 4.17. The summed E-state index contributed by atoms with van der Waals surface area (Å²) in [4.78, 5) is 28.7. The molecule has 0 N–H and O–H groups in total. The second kappa shape index (κ2) is 7.40. The number of hydrogen-bond acceptors (Lipinski definition) is 6. The number of carbonyl (C=O) groups excluding carboxylic acids is 1. The fraction of sp³-hybridized carbons (Fsp3) is 0.292. The van der Waals surface area contributed by atoms with E-state index in [1.807, 2.05) is 60.5 Å². The largest absolute Gasteiger partial charge is 0.350 e. The number of anilines is 1. The summed E-state index contributed by atoms with van der Waals surface area (Å²) in [6, 6.07) is 14.0. The second-order valence-corrected chi connectivity index (χ2v) is 8.58. The van der Waals surface area contributed by atoms with Gasteiger partial charge in [-0.15, -0.1) is 0 Å². The fourth-order valence-electron chi connectivity index (χ4n) is 4.84. The third-order valence-electron chi connectivity index (χ3n) is 6.59. The lowest BCUT2D eigenvalue weighted by Crippen LogP contribution is -2.65. The van der Waals surface area contributed by atoms with E-state index in [-0.39, 0.29) is 11.9 Å². The van der Waals surface area contributed by atoms with Crippen molar-refractivity contribution >= 4 is 22.8 Å². The molecule has 1 unspecified atom stereocenters. The minimum absolute atomic E-state index is 0.0240. The molecule has 2 aromatic carbocycles. The lowest BCUT2D eigenvalue weighted by molar-refractivity contribution is 0.0591. The molecule has 6 rings (SSSR count). The van der Waals surface area contributed by atoms with Gasteiger partial charge in [0.1, 0.15) is 5.82 Å². The van der Waals surface area contributed by atoms with Crippen LogP contribution < -0.4 is 4.90 Å². The third kappa shape index (κ3) is 3.10. The third-order valence-corrected chi connectivity index (χ3v) is 6.59. The van der Waals surface area contributed by atoms with Crippen LogP contribution in [-0.4, -0.2) is 61.4 Å².